The fraction of sp³-hybridized carbons (Fsp3) is 0.818. The average molecular weight is 230 g/mol. The molecule has 1 amide bonds. The molecular formula is C11H22N2O3. The van der Waals surface area contributed by atoms with E-state index in [1.165, 1.54) is 14.0 Å². The number of nitrogens with zero attached hydrogens (tertiary/aromatic N) is 1. The van der Waals surface area contributed by atoms with Crippen LogP contribution in [-0.2, 0) is 9.53 Å². The summed E-state index contributed by atoms with van der Waals surface area (Å²) < 4.78 is 4.47. The van der Waals surface area contributed by atoms with Crippen LogP contribution in [0.5, 0.6) is 0 Å². The molecule has 0 aliphatic rings. The van der Waals surface area contributed by atoms with Gasteiger partial charge in [0.05, 0.1) is 13.2 Å². The summed E-state index contributed by atoms with van der Waals surface area (Å²) in [6.07, 6.45) is 0.0614. The molecule has 0 aromatic carbocycles. The lowest BCUT2D eigenvalue weighted by Crippen LogP contribution is -2.42. The third-order valence-corrected chi connectivity index (χ3v) is 2.60. The third-order valence-electron chi connectivity index (χ3n) is 2.60. The number of hydrogen-bond donors (Lipinski definition) is 1. The molecule has 0 aromatic rings. The van der Waals surface area contributed by atoms with Crippen LogP contribution in [-0.4, -0.2) is 49.6 Å². The first-order valence-corrected chi connectivity index (χ1v) is 5.62. The van der Waals surface area contributed by atoms with Gasteiger partial charge in [-0.3, -0.25) is 4.79 Å². The number of carbonyl (C=O) groups is 2. The Labute approximate surface area is 97.1 Å². The molecular weight excluding hydrogens is 208 g/mol. The highest BCUT2D eigenvalue weighted by atomic mass is 16.5. The van der Waals surface area contributed by atoms with Crippen LogP contribution in [0, 0.1) is 0 Å². The molecule has 0 unspecified atom stereocenters. The van der Waals surface area contributed by atoms with Crippen molar-refractivity contribution in [3.8, 4) is 0 Å². The second-order valence-electron chi connectivity index (χ2n) is 3.61. The molecule has 94 valence electrons. The molecule has 0 saturated carbocycles. The fourth-order valence-electron chi connectivity index (χ4n) is 1.43. The van der Waals surface area contributed by atoms with E-state index in [1.54, 1.807) is 0 Å². The molecule has 16 heavy (non-hydrogen) atoms. The van der Waals surface area contributed by atoms with Crippen LogP contribution in [0.2, 0.25) is 0 Å². The Kier molecular flexibility index (Phi) is 7.54. The maximum atomic E-state index is 11.3. The van der Waals surface area contributed by atoms with Crippen LogP contribution in [0.3, 0.4) is 0 Å². The number of ether oxygens (including phenoxy) is 1. The van der Waals surface area contributed by atoms with Crippen LogP contribution >= 0.6 is 0 Å². The van der Waals surface area contributed by atoms with Crippen molar-refractivity contribution < 1.29 is 14.3 Å². The minimum atomic E-state index is -0.556. The predicted octanol–water partition coefficient (Wildman–Crippen LogP) is 1.03. The van der Waals surface area contributed by atoms with E-state index < -0.39 is 12.1 Å². The van der Waals surface area contributed by atoms with Gasteiger partial charge in [0.15, 0.2) is 5.78 Å². The van der Waals surface area contributed by atoms with Crippen LogP contribution < -0.4 is 5.32 Å². The molecule has 0 heterocycles. The fourth-order valence-corrected chi connectivity index (χ4v) is 1.43. The maximum absolute atomic E-state index is 11.3. The lowest BCUT2D eigenvalue weighted by Gasteiger charge is -2.21. The molecule has 1 N–H and O–H groups in total. The maximum Gasteiger partial charge on any atom is 0.407 e. The Morgan fingerprint density at radius 3 is 2.25 bits per heavy atom. The van der Waals surface area contributed by atoms with Crippen LogP contribution in [0.4, 0.5) is 4.79 Å². The molecule has 0 saturated heterocycles. The molecule has 0 radical (unpaired) electrons. The largest absolute Gasteiger partial charge is 0.453 e. The topological polar surface area (TPSA) is 58.6 Å². The first-order chi connectivity index (χ1) is 7.54. The lowest BCUT2D eigenvalue weighted by molar-refractivity contribution is -0.119. The van der Waals surface area contributed by atoms with Gasteiger partial charge in [-0.05, 0) is 26.4 Å². The molecule has 0 rings (SSSR count). The minimum Gasteiger partial charge on any atom is -0.453 e. The summed E-state index contributed by atoms with van der Waals surface area (Å²) in [7, 11) is 1.29. The highest BCUT2D eigenvalue weighted by molar-refractivity contribution is 5.85. The van der Waals surface area contributed by atoms with Crippen molar-refractivity contribution in [1.29, 1.82) is 0 Å². The number of alkyl carbamates (subject to hydrolysis) is 1. The number of hydrogen-bond acceptors (Lipinski definition) is 4. The number of rotatable bonds is 7. The smallest absolute Gasteiger partial charge is 0.407 e. The van der Waals surface area contributed by atoms with Crippen LogP contribution in [0.15, 0.2) is 0 Å². The summed E-state index contributed by atoms with van der Waals surface area (Å²) in [5.41, 5.74) is 0. The van der Waals surface area contributed by atoms with Crippen LogP contribution in [0.1, 0.15) is 27.2 Å². The molecule has 0 fully saturated rings. The Morgan fingerprint density at radius 2 is 1.88 bits per heavy atom. The average Bonchev–Trinajstić information content (AvgIpc) is 2.28. The Morgan fingerprint density at radius 1 is 1.31 bits per heavy atom. The standard InChI is InChI=1S/C11H22N2O3/c1-5-13(6-2)8-7-10(9(3)14)12-11(15)16-4/h10H,5-8H2,1-4H3,(H,12,15)/t10-/m0/s1. The van der Waals surface area contributed by atoms with Gasteiger partial charge in [0.2, 0.25) is 0 Å². The molecule has 0 bridgehead atoms. The van der Waals surface area contributed by atoms with E-state index in [4.69, 9.17) is 0 Å². The predicted molar refractivity (Wildman–Crippen MR) is 62.4 cm³/mol. The SMILES string of the molecule is CCN(CC)CC[C@H](NC(=O)OC)C(C)=O. The van der Waals surface area contributed by atoms with Gasteiger partial charge in [-0.2, -0.15) is 0 Å². The van der Waals surface area contributed by atoms with Gasteiger partial charge < -0.3 is 15.0 Å². The van der Waals surface area contributed by atoms with E-state index in [1.807, 2.05) is 0 Å². The van der Waals surface area contributed by atoms with E-state index in [2.05, 4.69) is 28.8 Å². The van der Waals surface area contributed by atoms with E-state index in [0.29, 0.717) is 6.42 Å². The molecule has 0 aliphatic carbocycles. The number of nitrogens with one attached hydrogen (secondary N) is 1. The highest BCUT2D eigenvalue weighted by Gasteiger charge is 2.17. The number of Topliss-reactive ketones (excluding diaryl/α,β-unsaturated/α-hetero) is 1. The van der Waals surface area contributed by atoms with Crippen molar-refractivity contribution >= 4 is 11.9 Å². The molecule has 0 spiro atoms. The summed E-state index contributed by atoms with van der Waals surface area (Å²) in [5.74, 6) is -0.0439. The summed E-state index contributed by atoms with van der Waals surface area (Å²) in [6.45, 7) is 8.29. The van der Waals surface area contributed by atoms with Gasteiger partial charge in [-0.1, -0.05) is 13.8 Å². The first kappa shape index (κ1) is 14.9. The summed E-state index contributed by atoms with van der Waals surface area (Å²) >= 11 is 0. The Balaban J connectivity index is 4.13. The second-order valence-corrected chi connectivity index (χ2v) is 3.61. The number of methoxy groups -OCH3 is 1. The van der Waals surface area contributed by atoms with Crippen molar-refractivity contribution in [2.45, 2.75) is 33.2 Å². The number of ketones is 1. The molecule has 0 aromatic heterocycles. The van der Waals surface area contributed by atoms with Crippen molar-refractivity contribution in [3.05, 3.63) is 0 Å². The highest BCUT2D eigenvalue weighted by Crippen LogP contribution is 1.98. The molecule has 1 atom stereocenters. The quantitative estimate of drug-likeness (QED) is 0.709. The zero-order chi connectivity index (χ0) is 12.6. The molecule has 5 heteroatoms. The van der Waals surface area contributed by atoms with Gasteiger partial charge in [0.25, 0.3) is 0 Å². The Hall–Kier alpha value is -1.10. The van der Waals surface area contributed by atoms with Gasteiger partial charge in [0.1, 0.15) is 0 Å². The zero-order valence-corrected chi connectivity index (χ0v) is 10.6. The van der Waals surface area contributed by atoms with Gasteiger partial charge in [-0.15, -0.1) is 0 Å². The first-order valence-electron chi connectivity index (χ1n) is 5.62. The number of amides is 1. The normalized spacial score (nSPS) is 12.3. The van der Waals surface area contributed by atoms with E-state index >= 15 is 0 Å². The number of carbonyl (C=O) groups excluding carboxylic acids is 2. The van der Waals surface area contributed by atoms with E-state index in [-0.39, 0.29) is 5.78 Å². The minimum absolute atomic E-state index is 0.0439. The summed E-state index contributed by atoms with van der Waals surface area (Å²) in [4.78, 5) is 24.5. The van der Waals surface area contributed by atoms with Crippen LogP contribution in [0.25, 0.3) is 0 Å². The van der Waals surface area contributed by atoms with E-state index in [9.17, 15) is 9.59 Å². The molecule has 0 aliphatic heterocycles. The van der Waals surface area contributed by atoms with Gasteiger partial charge in [0, 0.05) is 6.54 Å². The van der Waals surface area contributed by atoms with Crippen molar-refractivity contribution in [2.24, 2.45) is 0 Å². The van der Waals surface area contributed by atoms with Crippen molar-refractivity contribution in [3.63, 3.8) is 0 Å². The monoisotopic (exact) mass is 230 g/mol. The Bertz CT molecular complexity index is 227. The zero-order valence-electron chi connectivity index (χ0n) is 10.6. The van der Waals surface area contributed by atoms with E-state index in [0.717, 1.165) is 19.6 Å². The van der Waals surface area contributed by atoms with Crippen molar-refractivity contribution in [1.82, 2.24) is 10.2 Å². The van der Waals surface area contributed by atoms with Crippen molar-refractivity contribution in [2.75, 3.05) is 26.7 Å². The second kappa shape index (κ2) is 8.10. The summed E-state index contributed by atoms with van der Waals surface area (Å²) in [6, 6.07) is -0.451. The summed E-state index contributed by atoms with van der Waals surface area (Å²) in [5, 5.41) is 2.53. The van der Waals surface area contributed by atoms with Gasteiger partial charge in [-0.25, -0.2) is 4.79 Å². The van der Waals surface area contributed by atoms with Gasteiger partial charge >= 0.3 is 6.09 Å². The third kappa shape index (κ3) is 5.70. The molecule has 5 nitrogen and oxygen atoms in total. The lowest BCUT2D eigenvalue weighted by atomic mass is 10.1.